The van der Waals surface area contributed by atoms with E-state index in [-0.39, 0.29) is 16.6 Å². The fourth-order valence-corrected chi connectivity index (χ4v) is 3.12. The normalized spacial score (nSPS) is 11.6. The zero-order chi connectivity index (χ0) is 24.3. The fourth-order valence-electron chi connectivity index (χ4n) is 3.12. The molecule has 0 atom stereocenters. The maximum atomic E-state index is 11.5. The van der Waals surface area contributed by atoms with Crippen molar-refractivity contribution >= 4 is 11.9 Å². The summed E-state index contributed by atoms with van der Waals surface area (Å²) in [7, 11) is 0. The number of amides is 1. The zero-order valence-corrected chi connectivity index (χ0v) is 19.9. The van der Waals surface area contributed by atoms with Crippen LogP contribution in [0, 0.1) is 6.92 Å². The van der Waals surface area contributed by atoms with Gasteiger partial charge in [-0.3, -0.25) is 14.2 Å². The first-order chi connectivity index (χ1) is 14.7. The van der Waals surface area contributed by atoms with Crippen LogP contribution in [0.3, 0.4) is 0 Å². The number of nitrogens with zero attached hydrogens (tertiary/aromatic N) is 4. The van der Waals surface area contributed by atoms with Crippen LogP contribution >= 0.6 is 0 Å². The summed E-state index contributed by atoms with van der Waals surface area (Å²) in [4.78, 5) is 22.1. The standard InChI is InChI=1S/C15H19N3O.C9H14N2O2/c1-15(2,3)13-9-12(14(16)19)18(17-13)10-11-7-5-4-6-8-11;1-6-5-7(8(12)13)10-11(6)9(2,3)4/h4-9H,10H2,1-3H3,(H2,16,19);5H,1-4H3,(H,12,13). The number of aryl methyl sites for hydroxylation is 1. The molecular weight excluding hydrogens is 406 g/mol. The number of benzene rings is 1. The summed E-state index contributed by atoms with van der Waals surface area (Å²) in [6, 6.07) is 13.3. The summed E-state index contributed by atoms with van der Waals surface area (Å²) < 4.78 is 3.40. The second-order valence-electron chi connectivity index (χ2n) is 9.73. The number of aromatic nitrogens is 4. The number of carbonyl (C=O) groups is 2. The van der Waals surface area contributed by atoms with Crippen molar-refractivity contribution in [3.05, 3.63) is 70.8 Å². The summed E-state index contributed by atoms with van der Waals surface area (Å²) in [5.74, 6) is -1.43. The van der Waals surface area contributed by atoms with Gasteiger partial charge >= 0.3 is 5.97 Å². The van der Waals surface area contributed by atoms with E-state index in [9.17, 15) is 9.59 Å². The molecule has 2 aromatic heterocycles. The van der Waals surface area contributed by atoms with Gasteiger partial charge in [-0.1, -0.05) is 51.1 Å². The first kappa shape index (κ1) is 24.8. The molecule has 0 aliphatic heterocycles. The minimum absolute atomic E-state index is 0.104. The van der Waals surface area contributed by atoms with Crippen LogP contribution in [0.4, 0.5) is 0 Å². The fraction of sp³-hybridized carbons (Fsp3) is 0.417. The van der Waals surface area contributed by atoms with Crippen LogP contribution in [0.25, 0.3) is 0 Å². The number of carbonyl (C=O) groups excluding carboxylic acids is 1. The number of primary amides is 1. The van der Waals surface area contributed by atoms with Gasteiger partial charge in [-0.2, -0.15) is 10.2 Å². The van der Waals surface area contributed by atoms with E-state index in [1.54, 1.807) is 21.5 Å². The third kappa shape index (κ3) is 6.29. The first-order valence-corrected chi connectivity index (χ1v) is 10.4. The Balaban J connectivity index is 0.000000244. The van der Waals surface area contributed by atoms with E-state index in [2.05, 4.69) is 31.0 Å². The Morgan fingerprint density at radius 3 is 2.00 bits per heavy atom. The summed E-state index contributed by atoms with van der Waals surface area (Å²) in [5, 5.41) is 17.2. The van der Waals surface area contributed by atoms with Crippen molar-refractivity contribution in [2.45, 2.75) is 66.0 Å². The Hall–Kier alpha value is -3.42. The van der Waals surface area contributed by atoms with Gasteiger partial charge in [0.25, 0.3) is 5.91 Å². The molecule has 8 heteroatoms. The second kappa shape index (κ2) is 9.38. The number of hydrogen-bond donors (Lipinski definition) is 2. The highest BCUT2D eigenvalue weighted by atomic mass is 16.4. The van der Waals surface area contributed by atoms with Gasteiger partial charge in [0.1, 0.15) is 5.69 Å². The quantitative estimate of drug-likeness (QED) is 0.638. The Kier molecular flexibility index (Phi) is 7.28. The van der Waals surface area contributed by atoms with Crippen molar-refractivity contribution in [3.63, 3.8) is 0 Å². The van der Waals surface area contributed by atoms with Crippen LogP contribution in [0.2, 0.25) is 0 Å². The molecule has 0 unspecified atom stereocenters. The molecule has 0 spiro atoms. The van der Waals surface area contributed by atoms with Crippen LogP contribution < -0.4 is 5.73 Å². The molecule has 32 heavy (non-hydrogen) atoms. The molecule has 3 rings (SSSR count). The first-order valence-electron chi connectivity index (χ1n) is 10.4. The van der Waals surface area contributed by atoms with E-state index in [1.165, 1.54) is 0 Å². The molecule has 0 fully saturated rings. The minimum atomic E-state index is -0.980. The highest BCUT2D eigenvalue weighted by Gasteiger charge is 2.22. The third-order valence-electron chi connectivity index (χ3n) is 4.72. The highest BCUT2D eigenvalue weighted by Crippen LogP contribution is 2.22. The predicted molar refractivity (Wildman–Crippen MR) is 124 cm³/mol. The lowest BCUT2D eigenvalue weighted by Crippen LogP contribution is -2.24. The summed E-state index contributed by atoms with van der Waals surface area (Å²) in [5.41, 5.74) is 8.54. The molecule has 0 aliphatic rings. The van der Waals surface area contributed by atoms with Gasteiger partial charge in [-0.15, -0.1) is 0 Å². The zero-order valence-electron chi connectivity index (χ0n) is 19.9. The molecule has 0 bridgehead atoms. The molecule has 3 N–H and O–H groups in total. The number of aromatic carboxylic acids is 1. The van der Waals surface area contributed by atoms with Gasteiger partial charge < -0.3 is 10.8 Å². The summed E-state index contributed by atoms with van der Waals surface area (Å²) in [6.45, 7) is 14.5. The topological polar surface area (TPSA) is 116 Å². The molecule has 0 saturated carbocycles. The van der Waals surface area contributed by atoms with Crippen molar-refractivity contribution < 1.29 is 14.7 Å². The Labute approximate surface area is 189 Å². The van der Waals surface area contributed by atoms with Crippen LogP contribution in [0.1, 0.15) is 79.5 Å². The SMILES string of the molecule is CC(C)(C)c1cc(C(N)=O)n(Cc2ccccc2)n1.Cc1cc(C(=O)O)nn1C(C)(C)C. The number of hydrogen-bond acceptors (Lipinski definition) is 4. The molecule has 172 valence electrons. The predicted octanol–water partition coefficient (Wildman–Crippen LogP) is 3.97. The highest BCUT2D eigenvalue weighted by molar-refractivity contribution is 5.91. The van der Waals surface area contributed by atoms with E-state index in [0.717, 1.165) is 17.0 Å². The maximum absolute atomic E-state index is 11.5. The second-order valence-corrected chi connectivity index (χ2v) is 9.73. The molecule has 0 aliphatic carbocycles. The molecular formula is C24H33N5O3. The lowest BCUT2D eigenvalue weighted by atomic mass is 9.92. The van der Waals surface area contributed by atoms with Crippen molar-refractivity contribution in [2.24, 2.45) is 5.73 Å². The van der Waals surface area contributed by atoms with Crippen molar-refractivity contribution in [3.8, 4) is 0 Å². The Morgan fingerprint density at radius 2 is 1.59 bits per heavy atom. The van der Waals surface area contributed by atoms with E-state index < -0.39 is 11.9 Å². The van der Waals surface area contributed by atoms with Crippen LogP contribution in [0.15, 0.2) is 42.5 Å². The van der Waals surface area contributed by atoms with E-state index in [1.807, 2.05) is 58.0 Å². The molecule has 0 saturated heterocycles. The van der Waals surface area contributed by atoms with Gasteiger partial charge in [0.05, 0.1) is 17.8 Å². The van der Waals surface area contributed by atoms with E-state index >= 15 is 0 Å². The summed E-state index contributed by atoms with van der Waals surface area (Å²) >= 11 is 0. The van der Waals surface area contributed by atoms with Crippen molar-refractivity contribution in [1.82, 2.24) is 19.6 Å². The van der Waals surface area contributed by atoms with Crippen LogP contribution in [-0.2, 0) is 17.5 Å². The smallest absolute Gasteiger partial charge is 0.356 e. The molecule has 0 radical (unpaired) electrons. The summed E-state index contributed by atoms with van der Waals surface area (Å²) in [6.07, 6.45) is 0. The van der Waals surface area contributed by atoms with E-state index in [4.69, 9.17) is 10.8 Å². The number of carboxylic acids is 1. The van der Waals surface area contributed by atoms with Crippen molar-refractivity contribution in [2.75, 3.05) is 0 Å². The Bertz CT molecular complexity index is 1080. The monoisotopic (exact) mass is 439 g/mol. The number of carboxylic acid groups (broad SMARTS) is 1. The van der Waals surface area contributed by atoms with Crippen LogP contribution in [0.5, 0.6) is 0 Å². The number of nitrogens with two attached hydrogens (primary N) is 1. The molecule has 3 aromatic rings. The Morgan fingerprint density at radius 1 is 1.00 bits per heavy atom. The van der Waals surface area contributed by atoms with Crippen molar-refractivity contribution in [1.29, 1.82) is 0 Å². The molecule has 1 aromatic carbocycles. The lowest BCUT2D eigenvalue weighted by Gasteiger charge is -2.20. The van der Waals surface area contributed by atoms with Gasteiger partial charge in [-0.25, -0.2) is 4.79 Å². The third-order valence-corrected chi connectivity index (χ3v) is 4.72. The van der Waals surface area contributed by atoms with Gasteiger partial charge in [0.2, 0.25) is 0 Å². The molecule has 1 amide bonds. The van der Waals surface area contributed by atoms with Gasteiger partial charge in [0.15, 0.2) is 5.69 Å². The van der Waals surface area contributed by atoms with Gasteiger partial charge in [-0.05, 0) is 45.4 Å². The minimum Gasteiger partial charge on any atom is -0.476 e. The lowest BCUT2D eigenvalue weighted by molar-refractivity contribution is 0.0688. The number of rotatable bonds is 4. The van der Waals surface area contributed by atoms with Gasteiger partial charge in [0, 0.05) is 11.1 Å². The molecule has 2 heterocycles. The van der Waals surface area contributed by atoms with E-state index in [0.29, 0.717) is 12.2 Å². The maximum Gasteiger partial charge on any atom is 0.356 e. The largest absolute Gasteiger partial charge is 0.476 e. The molecule has 8 nitrogen and oxygen atoms in total. The average Bonchev–Trinajstić information content (AvgIpc) is 3.27. The van der Waals surface area contributed by atoms with Crippen LogP contribution in [-0.4, -0.2) is 36.5 Å². The average molecular weight is 440 g/mol.